The van der Waals surface area contributed by atoms with E-state index in [-0.39, 0.29) is 25.1 Å². The average molecular weight is 296 g/mol. The zero-order valence-corrected chi connectivity index (χ0v) is 11.7. The van der Waals surface area contributed by atoms with E-state index in [9.17, 15) is 9.59 Å². The van der Waals surface area contributed by atoms with Crippen molar-refractivity contribution in [3.8, 4) is 0 Å². The Morgan fingerprint density at radius 1 is 1.40 bits per heavy atom. The third-order valence-corrected chi connectivity index (χ3v) is 3.27. The fourth-order valence-electron chi connectivity index (χ4n) is 2.11. The van der Waals surface area contributed by atoms with Crippen molar-refractivity contribution in [3.05, 3.63) is 34.5 Å². The lowest BCUT2D eigenvalue weighted by Crippen LogP contribution is -2.09. The second-order valence-electron chi connectivity index (χ2n) is 4.26. The highest BCUT2D eigenvalue weighted by molar-refractivity contribution is 6.35. The zero-order valence-electron chi connectivity index (χ0n) is 10.9. The summed E-state index contributed by atoms with van der Waals surface area (Å²) in [5.74, 6) is -1.42. The normalized spacial score (nSPS) is 10.7. The van der Waals surface area contributed by atoms with Gasteiger partial charge in [0.25, 0.3) is 0 Å². The molecule has 1 aromatic carbocycles. The number of aromatic amines is 1. The molecule has 20 heavy (non-hydrogen) atoms. The Balaban J connectivity index is 2.53. The third-order valence-electron chi connectivity index (χ3n) is 2.96. The van der Waals surface area contributed by atoms with E-state index in [1.54, 1.807) is 25.1 Å². The van der Waals surface area contributed by atoms with Gasteiger partial charge in [0.05, 0.1) is 17.1 Å². The lowest BCUT2D eigenvalue weighted by atomic mass is 10.1. The van der Waals surface area contributed by atoms with Crippen LogP contribution >= 0.6 is 11.6 Å². The minimum absolute atomic E-state index is 0.0636. The maximum Gasteiger partial charge on any atom is 0.355 e. The van der Waals surface area contributed by atoms with Crippen LogP contribution in [0.25, 0.3) is 10.9 Å². The molecule has 0 aliphatic carbocycles. The Hall–Kier alpha value is -2.01. The van der Waals surface area contributed by atoms with Crippen LogP contribution < -0.4 is 0 Å². The molecule has 0 spiro atoms. The molecule has 0 aliphatic rings. The number of benzene rings is 1. The third kappa shape index (κ3) is 2.77. The summed E-state index contributed by atoms with van der Waals surface area (Å²) in [6.07, 6.45) is 0.176. The molecule has 0 aliphatic heterocycles. The van der Waals surface area contributed by atoms with Gasteiger partial charge in [0.2, 0.25) is 0 Å². The van der Waals surface area contributed by atoms with Crippen LogP contribution in [0.4, 0.5) is 0 Å². The van der Waals surface area contributed by atoms with Crippen molar-refractivity contribution in [2.75, 3.05) is 6.61 Å². The molecular formula is C14H14ClNO4. The van der Waals surface area contributed by atoms with Crippen molar-refractivity contribution in [1.29, 1.82) is 0 Å². The number of fused-ring (bicyclic) bond motifs is 1. The lowest BCUT2D eigenvalue weighted by Gasteiger charge is -2.03. The Morgan fingerprint density at radius 2 is 2.15 bits per heavy atom. The van der Waals surface area contributed by atoms with Crippen LogP contribution in [0.1, 0.15) is 29.4 Å². The molecular weight excluding hydrogens is 282 g/mol. The number of carbonyl (C=O) groups excluding carboxylic acids is 1. The maximum absolute atomic E-state index is 11.9. The Bertz CT molecular complexity index is 662. The molecule has 0 atom stereocenters. The lowest BCUT2D eigenvalue weighted by molar-refractivity contribution is -0.136. The highest BCUT2D eigenvalue weighted by Gasteiger charge is 2.20. The predicted octanol–water partition coefficient (Wildman–Crippen LogP) is 3.02. The largest absolute Gasteiger partial charge is 0.481 e. The Labute approximate surface area is 120 Å². The number of rotatable bonds is 5. The summed E-state index contributed by atoms with van der Waals surface area (Å²) in [7, 11) is 0. The smallest absolute Gasteiger partial charge is 0.355 e. The molecule has 0 radical (unpaired) electrons. The zero-order chi connectivity index (χ0) is 14.7. The number of H-pyrrole nitrogens is 1. The molecule has 2 rings (SSSR count). The molecule has 1 aromatic heterocycles. The molecule has 0 amide bonds. The Morgan fingerprint density at radius 3 is 2.80 bits per heavy atom. The fraction of sp³-hybridized carbons (Fsp3) is 0.286. The first-order valence-corrected chi connectivity index (χ1v) is 6.60. The number of hydrogen-bond acceptors (Lipinski definition) is 3. The second kappa shape index (κ2) is 5.96. The van der Waals surface area contributed by atoms with Crippen molar-refractivity contribution >= 4 is 34.4 Å². The van der Waals surface area contributed by atoms with Gasteiger partial charge in [-0.3, -0.25) is 4.79 Å². The van der Waals surface area contributed by atoms with Crippen LogP contribution in [0.5, 0.6) is 0 Å². The summed E-state index contributed by atoms with van der Waals surface area (Å²) in [5, 5.41) is 10.1. The number of halogens is 1. The quantitative estimate of drug-likeness (QED) is 0.831. The van der Waals surface area contributed by atoms with Crippen molar-refractivity contribution in [1.82, 2.24) is 4.98 Å². The number of nitrogens with one attached hydrogen (secondary N) is 1. The standard InChI is InChI=1S/C14H14ClNO4/c1-2-20-14(19)13-9(6-7-11(17)18)8-4-3-5-10(15)12(8)16-13/h3-5,16H,2,6-7H2,1H3,(H,17,18). The number of esters is 1. The van der Waals surface area contributed by atoms with Crippen LogP contribution in [-0.2, 0) is 16.0 Å². The SMILES string of the molecule is CCOC(=O)c1[nH]c2c(Cl)cccc2c1CCC(=O)O. The van der Waals surface area contributed by atoms with Crippen LogP contribution in [-0.4, -0.2) is 28.6 Å². The van der Waals surface area contributed by atoms with E-state index in [4.69, 9.17) is 21.4 Å². The second-order valence-corrected chi connectivity index (χ2v) is 4.66. The monoisotopic (exact) mass is 295 g/mol. The minimum Gasteiger partial charge on any atom is -0.481 e. The number of aromatic nitrogens is 1. The number of carboxylic acids is 1. The summed E-state index contributed by atoms with van der Waals surface area (Å²) < 4.78 is 4.98. The van der Waals surface area contributed by atoms with Gasteiger partial charge >= 0.3 is 11.9 Å². The van der Waals surface area contributed by atoms with Gasteiger partial charge in [-0.05, 0) is 25.0 Å². The molecule has 2 aromatic rings. The van der Waals surface area contributed by atoms with Gasteiger partial charge in [-0.15, -0.1) is 0 Å². The molecule has 1 heterocycles. The van der Waals surface area contributed by atoms with E-state index >= 15 is 0 Å². The predicted molar refractivity (Wildman–Crippen MR) is 75.2 cm³/mol. The van der Waals surface area contributed by atoms with Crippen LogP contribution in [0.2, 0.25) is 5.02 Å². The van der Waals surface area contributed by atoms with E-state index in [1.807, 2.05) is 0 Å². The van der Waals surface area contributed by atoms with Crippen molar-refractivity contribution in [2.24, 2.45) is 0 Å². The summed E-state index contributed by atoms with van der Waals surface area (Å²) in [6, 6.07) is 5.27. The number of carboxylic acid groups (broad SMARTS) is 1. The number of para-hydroxylation sites is 1. The molecule has 0 bridgehead atoms. The number of hydrogen-bond donors (Lipinski definition) is 2. The van der Waals surface area contributed by atoms with Gasteiger partial charge in [-0.25, -0.2) is 4.79 Å². The average Bonchev–Trinajstić information content (AvgIpc) is 2.77. The number of carbonyl (C=O) groups is 2. The maximum atomic E-state index is 11.9. The topological polar surface area (TPSA) is 79.4 Å². The minimum atomic E-state index is -0.920. The van der Waals surface area contributed by atoms with Crippen molar-refractivity contribution < 1.29 is 19.4 Å². The Kier molecular flexibility index (Phi) is 4.29. The van der Waals surface area contributed by atoms with Crippen LogP contribution in [0.3, 0.4) is 0 Å². The first kappa shape index (κ1) is 14.4. The van der Waals surface area contributed by atoms with Gasteiger partial charge in [-0.1, -0.05) is 23.7 Å². The fourth-order valence-corrected chi connectivity index (χ4v) is 2.33. The summed E-state index contributed by atoms with van der Waals surface area (Å²) >= 11 is 6.09. The molecule has 0 saturated carbocycles. The van der Waals surface area contributed by atoms with Gasteiger partial charge in [-0.2, -0.15) is 0 Å². The van der Waals surface area contributed by atoms with Crippen molar-refractivity contribution in [2.45, 2.75) is 19.8 Å². The highest BCUT2D eigenvalue weighted by Crippen LogP contribution is 2.29. The van der Waals surface area contributed by atoms with Gasteiger partial charge in [0.1, 0.15) is 5.69 Å². The van der Waals surface area contributed by atoms with E-state index in [2.05, 4.69) is 4.98 Å². The van der Waals surface area contributed by atoms with Crippen LogP contribution in [0.15, 0.2) is 18.2 Å². The first-order chi connectivity index (χ1) is 9.54. The summed E-state index contributed by atoms with van der Waals surface area (Å²) in [5.41, 5.74) is 1.53. The molecule has 0 fully saturated rings. The van der Waals surface area contributed by atoms with Gasteiger partial charge < -0.3 is 14.8 Å². The molecule has 106 valence electrons. The summed E-state index contributed by atoms with van der Waals surface area (Å²) in [6.45, 7) is 1.96. The molecule has 6 heteroatoms. The first-order valence-electron chi connectivity index (χ1n) is 6.22. The molecule has 0 unspecified atom stereocenters. The van der Waals surface area contributed by atoms with E-state index in [0.717, 1.165) is 5.39 Å². The van der Waals surface area contributed by atoms with E-state index in [1.165, 1.54) is 0 Å². The molecule has 5 nitrogen and oxygen atoms in total. The van der Waals surface area contributed by atoms with E-state index < -0.39 is 11.9 Å². The number of ether oxygens (including phenoxy) is 1. The molecule has 2 N–H and O–H groups in total. The van der Waals surface area contributed by atoms with Crippen LogP contribution in [0, 0.1) is 0 Å². The molecule has 0 saturated heterocycles. The highest BCUT2D eigenvalue weighted by atomic mass is 35.5. The summed E-state index contributed by atoms with van der Waals surface area (Å²) in [4.78, 5) is 25.6. The van der Waals surface area contributed by atoms with E-state index in [0.29, 0.717) is 16.1 Å². The van der Waals surface area contributed by atoms with Crippen molar-refractivity contribution in [3.63, 3.8) is 0 Å². The van der Waals surface area contributed by atoms with Gasteiger partial charge in [0.15, 0.2) is 0 Å². The number of aryl methyl sites for hydroxylation is 1. The number of aliphatic carboxylic acids is 1. The van der Waals surface area contributed by atoms with Gasteiger partial charge in [0, 0.05) is 11.8 Å².